The molecular formula is C21H21BrN4O3S. The van der Waals surface area contributed by atoms with Crippen LogP contribution >= 0.6 is 15.9 Å². The van der Waals surface area contributed by atoms with E-state index in [1.807, 2.05) is 30.1 Å². The fourth-order valence-electron chi connectivity index (χ4n) is 2.77. The molecule has 2 aromatic carbocycles. The molecule has 1 heterocycles. The van der Waals surface area contributed by atoms with Crippen molar-refractivity contribution in [3.63, 3.8) is 0 Å². The predicted molar refractivity (Wildman–Crippen MR) is 119 cm³/mol. The topological polar surface area (TPSA) is 92.3 Å². The lowest BCUT2D eigenvalue weighted by molar-refractivity contribution is 0.0980. The van der Waals surface area contributed by atoms with E-state index in [1.165, 1.54) is 23.9 Å². The first kappa shape index (κ1) is 21.9. The quantitative estimate of drug-likeness (QED) is 0.548. The summed E-state index contributed by atoms with van der Waals surface area (Å²) in [4.78, 5) is 23.0. The van der Waals surface area contributed by atoms with Gasteiger partial charge in [-0.3, -0.25) is 4.79 Å². The fraction of sp³-hybridized carbons (Fsp3) is 0.190. The van der Waals surface area contributed by atoms with Crippen LogP contribution in [0.25, 0.3) is 0 Å². The van der Waals surface area contributed by atoms with Crippen molar-refractivity contribution in [2.45, 2.75) is 18.2 Å². The van der Waals surface area contributed by atoms with Gasteiger partial charge in [-0.25, -0.2) is 23.1 Å². The van der Waals surface area contributed by atoms with Crippen molar-refractivity contribution in [1.29, 1.82) is 0 Å². The van der Waals surface area contributed by atoms with Gasteiger partial charge in [0.2, 0.25) is 5.95 Å². The van der Waals surface area contributed by atoms with E-state index in [0.717, 1.165) is 6.42 Å². The largest absolute Gasteiger partial charge is 0.344 e. The molecule has 1 amide bonds. The third-order valence-electron chi connectivity index (χ3n) is 4.46. The molecule has 0 bridgehead atoms. The smallest absolute Gasteiger partial charge is 0.268 e. The van der Waals surface area contributed by atoms with E-state index < -0.39 is 15.9 Å². The molecule has 0 fully saturated rings. The van der Waals surface area contributed by atoms with Gasteiger partial charge in [-0.1, -0.05) is 52.3 Å². The highest BCUT2D eigenvalue weighted by atomic mass is 79.9. The summed E-state index contributed by atoms with van der Waals surface area (Å²) >= 11 is 3.22. The second-order valence-electron chi connectivity index (χ2n) is 6.72. The van der Waals surface area contributed by atoms with Crippen LogP contribution in [0.1, 0.15) is 21.6 Å². The minimum Gasteiger partial charge on any atom is -0.344 e. The van der Waals surface area contributed by atoms with E-state index in [1.54, 1.807) is 19.1 Å². The van der Waals surface area contributed by atoms with Crippen molar-refractivity contribution >= 4 is 37.8 Å². The number of sulfonamides is 1. The van der Waals surface area contributed by atoms with Gasteiger partial charge in [0.25, 0.3) is 15.9 Å². The molecule has 0 radical (unpaired) electrons. The van der Waals surface area contributed by atoms with E-state index in [2.05, 4.69) is 42.8 Å². The molecule has 0 unspecified atom stereocenters. The lowest BCUT2D eigenvalue weighted by atomic mass is 10.1. The van der Waals surface area contributed by atoms with Gasteiger partial charge in [0.05, 0.1) is 16.2 Å². The first-order valence-corrected chi connectivity index (χ1v) is 11.5. The van der Waals surface area contributed by atoms with Crippen LogP contribution in [0.4, 0.5) is 5.95 Å². The number of rotatable bonds is 7. The molecular weight excluding hydrogens is 468 g/mol. The third-order valence-corrected chi connectivity index (χ3v) is 6.29. The first-order valence-electron chi connectivity index (χ1n) is 9.18. The zero-order chi connectivity index (χ0) is 21.7. The molecule has 0 aliphatic rings. The Bertz CT molecular complexity index is 1150. The molecule has 7 nitrogen and oxygen atoms in total. The Hall–Kier alpha value is -2.78. The highest BCUT2D eigenvalue weighted by Gasteiger charge is 2.21. The van der Waals surface area contributed by atoms with Gasteiger partial charge in [-0.15, -0.1) is 0 Å². The van der Waals surface area contributed by atoms with Crippen molar-refractivity contribution in [3.8, 4) is 0 Å². The van der Waals surface area contributed by atoms with Crippen molar-refractivity contribution in [3.05, 3.63) is 82.1 Å². The summed E-state index contributed by atoms with van der Waals surface area (Å²) < 4.78 is 27.6. The van der Waals surface area contributed by atoms with Gasteiger partial charge < -0.3 is 4.90 Å². The number of aromatic nitrogens is 2. The van der Waals surface area contributed by atoms with Gasteiger partial charge >= 0.3 is 0 Å². The van der Waals surface area contributed by atoms with Gasteiger partial charge in [0, 0.05) is 24.3 Å². The molecule has 3 aromatic rings. The number of nitrogens with zero attached hydrogens (tertiary/aromatic N) is 3. The van der Waals surface area contributed by atoms with Crippen LogP contribution in [-0.2, 0) is 16.4 Å². The number of likely N-dealkylation sites (N-methyl/N-ethyl adjacent to an activating group) is 1. The second kappa shape index (κ2) is 9.36. The minimum atomic E-state index is -4.01. The summed E-state index contributed by atoms with van der Waals surface area (Å²) in [5.74, 6) is -0.305. The molecule has 0 aliphatic carbocycles. The summed E-state index contributed by atoms with van der Waals surface area (Å²) in [6.07, 6.45) is 2.18. The molecule has 1 N–H and O–H groups in total. The predicted octanol–water partition coefficient (Wildman–Crippen LogP) is 3.35. The lowest BCUT2D eigenvalue weighted by Crippen LogP contribution is -2.32. The zero-order valence-electron chi connectivity index (χ0n) is 16.5. The monoisotopic (exact) mass is 488 g/mol. The van der Waals surface area contributed by atoms with E-state index in [-0.39, 0.29) is 10.5 Å². The number of benzene rings is 2. The van der Waals surface area contributed by atoms with E-state index >= 15 is 0 Å². The first-order chi connectivity index (χ1) is 14.3. The Morgan fingerprint density at radius 2 is 1.87 bits per heavy atom. The summed E-state index contributed by atoms with van der Waals surface area (Å²) in [6, 6.07) is 16.2. The summed E-state index contributed by atoms with van der Waals surface area (Å²) in [5.41, 5.74) is 1.71. The maximum Gasteiger partial charge on any atom is 0.268 e. The molecule has 156 valence electrons. The number of carbonyl (C=O) groups is 1. The van der Waals surface area contributed by atoms with E-state index in [0.29, 0.717) is 22.7 Å². The van der Waals surface area contributed by atoms with Crippen LogP contribution in [0.3, 0.4) is 0 Å². The van der Waals surface area contributed by atoms with Gasteiger partial charge in [0.15, 0.2) is 0 Å². The molecule has 0 spiro atoms. The number of hydrogen-bond donors (Lipinski definition) is 1. The molecule has 0 saturated carbocycles. The van der Waals surface area contributed by atoms with Gasteiger partial charge in [-0.05, 0) is 37.1 Å². The Kier molecular flexibility index (Phi) is 6.84. The number of aryl methyl sites for hydroxylation is 1. The number of amides is 1. The SMILES string of the molecule is Cc1nc(N(C)CCc2ccccc2)ncc1C(=O)NS(=O)(=O)c1cccc(Br)c1. The molecule has 0 atom stereocenters. The number of carbonyl (C=O) groups excluding carboxylic acids is 1. The molecule has 3 rings (SSSR count). The molecule has 1 aromatic heterocycles. The van der Waals surface area contributed by atoms with Gasteiger partial charge in [0.1, 0.15) is 0 Å². The average molecular weight is 489 g/mol. The lowest BCUT2D eigenvalue weighted by Gasteiger charge is -2.18. The van der Waals surface area contributed by atoms with E-state index in [4.69, 9.17) is 0 Å². The maximum absolute atomic E-state index is 12.5. The van der Waals surface area contributed by atoms with Crippen LogP contribution < -0.4 is 9.62 Å². The number of nitrogens with one attached hydrogen (secondary N) is 1. The van der Waals surface area contributed by atoms with Crippen molar-refractivity contribution in [2.75, 3.05) is 18.5 Å². The molecule has 30 heavy (non-hydrogen) atoms. The summed E-state index contributed by atoms with van der Waals surface area (Å²) in [6.45, 7) is 2.35. The highest BCUT2D eigenvalue weighted by Crippen LogP contribution is 2.17. The Morgan fingerprint density at radius 3 is 2.53 bits per heavy atom. The summed E-state index contributed by atoms with van der Waals surface area (Å²) in [7, 11) is -2.14. The number of anilines is 1. The standard InChI is InChI=1S/C21H21BrN4O3S/c1-15-19(20(27)25-30(28,29)18-10-6-9-17(22)13-18)14-23-21(24-15)26(2)12-11-16-7-4-3-5-8-16/h3-10,13-14H,11-12H2,1-2H3,(H,25,27). The average Bonchev–Trinajstić information content (AvgIpc) is 2.72. The maximum atomic E-state index is 12.5. The van der Waals surface area contributed by atoms with Gasteiger partial charge in [-0.2, -0.15) is 0 Å². The Balaban J connectivity index is 1.70. The molecule has 0 aliphatic heterocycles. The number of halogens is 1. The minimum absolute atomic E-state index is 0.0129. The summed E-state index contributed by atoms with van der Waals surface area (Å²) in [5, 5.41) is 0. The van der Waals surface area contributed by atoms with Crippen LogP contribution in [0.2, 0.25) is 0 Å². The Morgan fingerprint density at radius 1 is 1.13 bits per heavy atom. The second-order valence-corrected chi connectivity index (χ2v) is 9.32. The highest BCUT2D eigenvalue weighted by molar-refractivity contribution is 9.10. The van der Waals surface area contributed by atoms with Crippen LogP contribution in [-0.4, -0.2) is 37.9 Å². The zero-order valence-corrected chi connectivity index (χ0v) is 18.9. The van der Waals surface area contributed by atoms with Crippen molar-refractivity contribution < 1.29 is 13.2 Å². The fourth-order valence-corrected chi connectivity index (χ4v) is 4.34. The third kappa shape index (κ3) is 5.43. The van der Waals surface area contributed by atoms with Crippen molar-refractivity contribution in [1.82, 2.24) is 14.7 Å². The number of hydrogen-bond acceptors (Lipinski definition) is 6. The van der Waals surface area contributed by atoms with Crippen LogP contribution in [0.5, 0.6) is 0 Å². The van der Waals surface area contributed by atoms with Crippen LogP contribution in [0.15, 0.2) is 70.2 Å². The molecule has 9 heteroatoms. The van der Waals surface area contributed by atoms with Crippen molar-refractivity contribution in [2.24, 2.45) is 0 Å². The Labute approximate surface area is 184 Å². The normalized spacial score (nSPS) is 11.2. The van der Waals surface area contributed by atoms with E-state index in [9.17, 15) is 13.2 Å². The van der Waals surface area contributed by atoms with Crippen LogP contribution in [0, 0.1) is 6.92 Å². The molecule has 0 saturated heterocycles.